The summed E-state index contributed by atoms with van der Waals surface area (Å²) < 4.78 is 9.95. The van der Waals surface area contributed by atoms with Gasteiger partial charge in [0.15, 0.2) is 5.69 Å². The number of hydrogen-bond donors (Lipinski definition) is 1. The fourth-order valence-corrected chi connectivity index (χ4v) is 4.48. The molecule has 0 bridgehead atoms. The molecule has 1 saturated heterocycles. The van der Waals surface area contributed by atoms with E-state index in [9.17, 15) is 4.79 Å². The van der Waals surface area contributed by atoms with Crippen LogP contribution in [0.5, 0.6) is 0 Å². The molecule has 2 aliphatic heterocycles. The van der Waals surface area contributed by atoms with Gasteiger partial charge in [0.2, 0.25) is 0 Å². The summed E-state index contributed by atoms with van der Waals surface area (Å²) >= 11 is 0. The zero-order valence-corrected chi connectivity index (χ0v) is 16.9. The number of fused-ring (bicyclic) bond motifs is 2. The van der Waals surface area contributed by atoms with Crippen molar-refractivity contribution in [2.75, 3.05) is 11.9 Å². The summed E-state index contributed by atoms with van der Waals surface area (Å²) in [6.07, 6.45) is 7.14. The molecule has 0 spiro atoms. The second-order valence-corrected chi connectivity index (χ2v) is 8.03. The van der Waals surface area contributed by atoms with Crippen molar-refractivity contribution in [1.82, 2.24) is 24.3 Å². The average Bonchev–Trinajstić information content (AvgIpc) is 3.44. The van der Waals surface area contributed by atoms with Gasteiger partial charge in [0, 0.05) is 24.5 Å². The molecule has 0 saturated carbocycles. The van der Waals surface area contributed by atoms with Crippen molar-refractivity contribution in [3.05, 3.63) is 35.0 Å². The number of amides is 1. The lowest BCUT2D eigenvalue weighted by molar-refractivity contribution is 0.0974. The SMILES string of the molecule is Cc1c(C)n(CC2CCCO2)c2ncnc(NC(=O)c3cc4n(n3)CCCC4)c12. The first-order valence-electron chi connectivity index (χ1n) is 10.4. The summed E-state index contributed by atoms with van der Waals surface area (Å²) in [7, 11) is 0. The molecule has 5 rings (SSSR count). The van der Waals surface area contributed by atoms with Crippen molar-refractivity contribution in [1.29, 1.82) is 0 Å². The molecular formula is C21H26N6O2. The van der Waals surface area contributed by atoms with Gasteiger partial charge in [-0.3, -0.25) is 9.48 Å². The van der Waals surface area contributed by atoms with E-state index in [1.165, 1.54) is 6.33 Å². The van der Waals surface area contributed by atoms with Crippen LogP contribution in [0.4, 0.5) is 5.82 Å². The van der Waals surface area contributed by atoms with Gasteiger partial charge in [-0.2, -0.15) is 5.10 Å². The zero-order valence-electron chi connectivity index (χ0n) is 16.9. The topological polar surface area (TPSA) is 86.9 Å². The van der Waals surface area contributed by atoms with Gasteiger partial charge in [-0.05, 0) is 57.6 Å². The lowest BCUT2D eigenvalue weighted by atomic mass is 10.1. The summed E-state index contributed by atoms with van der Waals surface area (Å²) in [6, 6.07) is 1.90. The number of carbonyl (C=O) groups is 1. The second kappa shape index (κ2) is 7.26. The lowest BCUT2D eigenvalue weighted by Crippen LogP contribution is -2.17. The Morgan fingerprint density at radius 3 is 2.97 bits per heavy atom. The van der Waals surface area contributed by atoms with E-state index < -0.39 is 0 Å². The molecule has 0 aliphatic carbocycles. The van der Waals surface area contributed by atoms with Crippen molar-refractivity contribution in [3.63, 3.8) is 0 Å². The van der Waals surface area contributed by atoms with E-state index in [0.29, 0.717) is 11.5 Å². The van der Waals surface area contributed by atoms with Gasteiger partial charge in [-0.15, -0.1) is 0 Å². The smallest absolute Gasteiger partial charge is 0.277 e. The fourth-order valence-electron chi connectivity index (χ4n) is 4.48. The van der Waals surface area contributed by atoms with Crippen LogP contribution < -0.4 is 5.32 Å². The first kappa shape index (κ1) is 18.3. The Kier molecular flexibility index (Phi) is 4.58. The Morgan fingerprint density at radius 1 is 1.28 bits per heavy atom. The molecule has 1 unspecified atom stereocenters. The number of hydrogen-bond acceptors (Lipinski definition) is 5. The van der Waals surface area contributed by atoms with Gasteiger partial charge in [0.1, 0.15) is 17.8 Å². The number of nitrogens with zero attached hydrogens (tertiary/aromatic N) is 5. The minimum Gasteiger partial charge on any atom is -0.376 e. The number of ether oxygens (including phenoxy) is 1. The monoisotopic (exact) mass is 394 g/mol. The molecule has 3 aromatic rings. The molecule has 152 valence electrons. The van der Waals surface area contributed by atoms with Gasteiger partial charge in [0.05, 0.1) is 18.0 Å². The summed E-state index contributed by atoms with van der Waals surface area (Å²) in [5, 5.41) is 8.34. The van der Waals surface area contributed by atoms with Crippen LogP contribution in [0.25, 0.3) is 11.0 Å². The molecule has 8 heteroatoms. The van der Waals surface area contributed by atoms with Crippen LogP contribution in [-0.2, 0) is 24.2 Å². The van der Waals surface area contributed by atoms with E-state index in [4.69, 9.17) is 4.74 Å². The first-order valence-corrected chi connectivity index (χ1v) is 10.4. The lowest BCUT2D eigenvalue weighted by Gasteiger charge is -2.13. The second-order valence-electron chi connectivity index (χ2n) is 8.03. The van der Waals surface area contributed by atoms with Gasteiger partial charge in [0.25, 0.3) is 5.91 Å². The highest BCUT2D eigenvalue weighted by Crippen LogP contribution is 2.30. The minimum atomic E-state index is -0.226. The first-order chi connectivity index (χ1) is 14.1. The van der Waals surface area contributed by atoms with Crippen molar-refractivity contribution in [2.45, 2.75) is 65.1 Å². The van der Waals surface area contributed by atoms with Crippen molar-refractivity contribution in [2.24, 2.45) is 0 Å². The maximum absolute atomic E-state index is 12.9. The highest BCUT2D eigenvalue weighted by Gasteiger charge is 2.23. The van der Waals surface area contributed by atoms with Crippen molar-refractivity contribution in [3.8, 4) is 0 Å². The summed E-state index contributed by atoms with van der Waals surface area (Å²) in [5.41, 5.74) is 4.62. The quantitative estimate of drug-likeness (QED) is 0.735. The minimum absolute atomic E-state index is 0.216. The van der Waals surface area contributed by atoms with Crippen LogP contribution in [0.1, 0.15) is 53.1 Å². The Labute approximate surface area is 169 Å². The Balaban J connectivity index is 1.47. The molecule has 2 aliphatic rings. The highest BCUT2D eigenvalue weighted by atomic mass is 16.5. The molecular weight excluding hydrogens is 368 g/mol. The maximum atomic E-state index is 12.9. The molecule has 1 N–H and O–H groups in total. The Bertz CT molecular complexity index is 1050. The molecule has 1 amide bonds. The predicted molar refractivity (Wildman–Crippen MR) is 109 cm³/mol. The number of nitrogens with one attached hydrogen (secondary N) is 1. The fraction of sp³-hybridized carbons (Fsp3) is 0.524. The number of aromatic nitrogens is 5. The van der Waals surface area contributed by atoms with Gasteiger partial charge < -0.3 is 14.6 Å². The number of rotatable bonds is 4. The van der Waals surface area contributed by atoms with E-state index in [1.807, 2.05) is 10.7 Å². The van der Waals surface area contributed by atoms with Gasteiger partial charge in [-0.25, -0.2) is 9.97 Å². The van der Waals surface area contributed by atoms with E-state index in [0.717, 1.165) is 79.8 Å². The van der Waals surface area contributed by atoms with Gasteiger partial charge >= 0.3 is 0 Å². The summed E-state index contributed by atoms with van der Waals surface area (Å²) in [6.45, 7) is 6.62. The molecule has 5 heterocycles. The number of anilines is 1. The van der Waals surface area contributed by atoms with E-state index in [2.05, 4.69) is 38.8 Å². The van der Waals surface area contributed by atoms with Crippen LogP contribution in [0.15, 0.2) is 12.4 Å². The largest absolute Gasteiger partial charge is 0.376 e. The predicted octanol–water partition coefficient (Wildman–Crippen LogP) is 3.01. The van der Waals surface area contributed by atoms with Crippen LogP contribution in [0.3, 0.4) is 0 Å². The molecule has 1 fully saturated rings. The van der Waals surface area contributed by atoms with Crippen molar-refractivity contribution >= 4 is 22.8 Å². The number of carbonyl (C=O) groups excluding carboxylic acids is 1. The zero-order chi connectivity index (χ0) is 20.0. The van der Waals surface area contributed by atoms with Crippen LogP contribution in [-0.4, -0.2) is 42.9 Å². The highest BCUT2D eigenvalue weighted by molar-refractivity contribution is 6.07. The van der Waals surface area contributed by atoms with Crippen LogP contribution in [0.2, 0.25) is 0 Å². The Hall–Kier alpha value is -2.74. The molecule has 1 atom stereocenters. The summed E-state index contributed by atoms with van der Waals surface area (Å²) in [5.74, 6) is 0.313. The standard InChI is InChI=1S/C21H26N6O2/c1-13-14(2)26(11-16-7-5-9-29-16)20-18(13)19(22-12-23-20)24-21(28)17-10-15-6-3-4-8-27(15)25-17/h10,12,16H,3-9,11H2,1-2H3,(H,22,23,24,28). The van der Waals surface area contributed by atoms with Crippen LogP contribution in [0, 0.1) is 13.8 Å². The van der Waals surface area contributed by atoms with E-state index >= 15 is 0 Å². The molecule has 3 aromatic heterocycles. The molecule has 8 nitrogen and oxygen atoms in total. The molecule has 0 aromatic carbocycles. The molecule has 29 heavy (non-hydrogen) atoms. The van der Waals surface area contributed by atoms with Crippen LogP contribution >= 0.6 is 0 Å². The third-order valence-corrected chi connectivity index (χ3v) is 6.20. The maximum Gasteiger partial charge on any atom is 0.277 e. The van der Waals surface area contributed by atoms with Gasteiger partial charge in [-0.1, -0.05) is 0 Å². The van der Waals surface area contributed by atoms with E-state index in [-0.39, 0.29) is 12.0 Å². The average molecular weight is 394 g/mol. The Morgan fingerprint density at radius 2 is 2.17 bits per heavy atom. The third-order valence-electron chi connectivity index (χ3n) is 6.20. The number of aryl methyl sites for hydroxylation is 3. The summed E-state index contributed by atoms with van der Waals surface area (Å²) in [4.78, 5) is 21.8. The molecule has 0 radical (unpaired) electrons. The van der Waals surface area contributed by atoms with Crippen molar-refractivity contribution < 1.29 is 9.53 Å². The van der Waals surface area contributed by atoms with E-state index in [1.54, 1.807) is 0 Å². The third kappa shape index (κ3) is 3.21. The normalized spacial score (nSPS) is 18.9.